The van der Waals surface area contributed by atoms with E-state index in [1.165, 1.54) is 0 Å². The molecule has 0 aromatic rings. The van der Waals surface area contributed by atoms with E-state index < -0.39 is 0 Å². The van der Waals surface area contributed by atoms with Crippen LogP contribution in [0.15, 0.2) is 0 Å². The summed E-state index contributed by atoms with van der Waals surface area (Å²) in [6, 6.07) is 0. The molecule has 10 heavy (non-hydrogen) atoms. The van der Waals surface area contributed by atoms with Crippen molar-refractivity contribution in [1.29, 1.82) is 0 Å². The summed E-state index contributed by atoms with van der Waals surface area (Å²) in [7, 11) is 0. The van der Waals surface area contributed by atoms with Crippen LogP contribution in [0.1, 0.15) is 12.8 Å². The van der Waals surface area contributed by atoms with E-state index in [0.717, 1.165) is 26.1 Å². The van der Waals surface area contributed by atoms with Crippen molar-refractivity contribution in [1.82, 2.24) is 0 Å². The lowest BCUT2D eigenvalue weighted by molar-refractivity contribution is 0.0807. The molecule has 0 atom stereocenters. The van der Waals surface area contributed by atoms with Crippen molar-refractivity contribution in [2.45, 2.75) is 12.8 Å². The maximum atomic E-state index is 5.21. The molecule has 56 valence electrons. The van der Waals surface area contributed by atoms with Gasteiger partial charge in [0.1, 0.15) is 0 Å². The molecule has 1 rings (SSSR count). The Hall–Kier alpha value is -0.130. The molecule has 0 aromatic heterocycles. The molecule has 0 saturated carbocycles. The number of thioether (sulfide) groups is 1. The monoisotopic (exact) mass is 156 g/mol. The molecule has 1 saturated heterocycles. The van der Waals surface area contributed by atoms with Crippen LogP contribution in [0.4, 0.5) is 0 Å². The summed E-state index contributed by atoms with van der Waals surface area (Å²) in [5.74, 6) is 3.80. The number of rotatable bonds is 0. The molecule has 0 unspecified atom stereocenters. The highest BCUT2D eigenvalue weighted by Gasteiger charge is 2.09. The Kier molecular flexibility index (Phi) is 3.71. The van der Waals surface area contributed by atoms with Gasteiger partial charge in [0.25, 0.3) is 0 Å². The van der Waals surface area contributed by atoms with Crippen LogP contribution in [0, 0.1) is 17.1 Å². The molecule has 2 heteroatoms. The van der Waals surface area contributed by atoms with E-state index in [9.17, 15) is 0 Å². The molecule has 0 aliphatic carbocycles. The zero-order valence-electron chi connectivity index (χ0n) is 6.22. The van der Waals surface area contributed by atoms with Gasteiger partial charge in [0, 0.05) is 19.1 Å². The standard InChI is InChI=1S/C8H12OS/c1-10-7-4-8-2-5-9-6-3-8/h8H,2-3,5-6H2,1H3. The molecular weight excluding hydrogens is 144 g/mol. The zero-order chi connectivity index (χ0) is 7.23. The quantitative estimate of drug-likeness (QED) is 0.494. The summed E-state index contributed by atoms with van der Waals surface area (Å²) in [5.41, 5.74) is 0. The minimum atomic E-state index is 0.598. The number of hydrogen-bond donors (Lipinski definition) is 0. The average Bonchev–Trinajstić information content (AvgIpc) is 2.03. The highest BCUT2D eigenvalue weighted by atomic mass is 32.2. The predicted molar refractivity (Wildman–Crippen MR) is 44.8 cm³/mol. The van der Waals surface area contributed by atoms with Crippen LogP contribution in [0.3, 0.4) is 0 Å². The van der Waals surface area contributed by atoms with Crippen LogP contribution < -0.4 is 0 Å². The highest BCUT2D eigenvalue weighted by Crippen LogP contribution is 2.13. The molecular formula is C8H12OS. The predicted octanol–water partition coefficient (Wildman–Crippen LogP) is 1.74. The van der Waals surface area contributed by atoms with Crippen LogP contribution in [-0.4, -0.2) is 19.5 Å². The van der Waals surface area contributed by atoms with Gasteiger partial charge in [0.15, 0.2) is 0 Å². The lowest BCUT2D eigenvalue weighted by Gasteiger charge is -2.16. The van der Waals surface area contributed by atoms with Crippen molar-refractivity contribution in [3.63, 3.8) is 0 Å². The van der Waals surface area contributed by atoms with Gasteiger partial charge in [0.05, 0.1) is 0 Å². The van der Waals surface area contributed by atoms with Gasteiger partial charge in [-0.15, -0.1) is 0 Å². The molecule has 1 nitrogen and oxygen atoms in total. The topological polar surface area (TPSA) is 9.23 Å². The Labute approximate surface area is 66.5 Å². The second kappa shape index (κ2) is 4.65. The summed E-state index contributed by atoms with van der Waals surface area (Å²) < 4.78 is 5.21. The molecule has 0 spiro atoms. The van der Waals surface area contributed by atoms with Crippen molar-refractivity contribution < 1.29 is 4.74 Å². The van der Waals surface area contributed by atoms with Gasteiger partial charge in [-0.3, -0.25) is 0 Å². The number of hydrogen-bond acceptors (Lipinski definition) is 2. The third-order valence-electron chi connectivity index (χ3n) is 1.59. The first kappa shape index (κ1) is 7.97. The SMILES string of the molecule is CSC#CC1CCOCC1. The van der Waals surface area contributed by atoms with Crippen LogP contribution in [0.2, 0.25) is 0 Å². The third kappa shape index (κ3) is 2.64. The lowest BCUT2D eigenvalue weighted by atomic mass is 10.0. The summed E-state index contributed by atoms with van der Waals surface area (Å²) in [6.07, 6.45) is 4.24. The van der Waals surface area contributed by atoms with Gasteiger partial charge in [0.2, 0.25) is 0 Å². The first-order valence-corrected chi connectivity index (χ1v) is 4.77. The minimum Gasteiger partial charge on any atom is -0.381 e. The summed E-state index contributed by atoms with van der Waals surface area (Å²) >= 11 is 1.59. The van der Waals surface area contributed by atoms with Gasteiger partial charge in [-0.1, -0.05) is 17.7 Å². The second-order valence-electron chi connectivity index (χ2n) is 2.34. The Bertz CT molecular complexity index is 139. The minimum absolute atomic E-state index is 0.598. The molecule has 0 amide bonds. The molecule has 0 bridgehead atoms. The van der Waals surface area contributed by atoms with Gasteiger partial charge in [-0.25, -0.2) is 0 Å². The van der Waals surface area contributed by atoms with E-state index in [4.69, 9.17) is 4.74 Å². The van der Waals surface area contributed by atoms with Gasteiger partial charge in [-0.2, -0.15) is 0 Å². The largest absolute Gasteiger partial charge is 0.381 e. The fourth-order valence-electron chi connectivity index (χ4n) is 0.984. The Morgan fingerprint density at radius 1 is 1.40 bits per heavy atom. The normalized spacial score (nSPS) is 19.7. The molecule has 1 aliphatic rings. The molecule has 1 aliphatic heterocycles. The van der Waals surface area contributed by atoms with E-state index in [1.54, 1.807) is 11.8 Å². The van der Waals surface area contributed by atoms with Crippen molar-refractivity contribution in [3.8, 4) is 11.2 Å². The lowest BCUT2D eigenvalue weighted by Crippen LogP contribution is -2.13. The zero-order valence-corrected chi connectivity index (χ0v) is 7.04. The molecule has 0 aromatic carbocycles. The van der Waals surface area contributed by atoms with E-state index in [0.29, 0.717) is 5.92 Å². The van der Waals surface area contributed by atoms with Gasteiger partial charge >= 0.3 is 0 Å². The fraction of sp³-hybridized carbons (Fsp3) is 0.750. The van der Waals surface area contributed by atoms with Crippen LogP contribution >= 0.6 is 11.8 Å². The van der Waals surface area contributed by atoms with E-state index in [1.807, 2.05) is 6.26 Å². The van der Waals surface area contributed by atoms with Gasteiger partial charge < -0.3 is 4.74 Å². The van der Waals surface area contributed by atoms with E-state index in [2.05, 4.69) is 11.2 Å². The Balaban J connectivity index is 2.25. The summed E-state index contributed by atoms with van der Waals surface area (Å²) in [5, 5.41) is 3.03. The maximum absolute atomic E-state index is 5.21. The van der Waals surface area contributed by atoms with Crippen molar-refractivity contribution >= 4 is 11.8 Å². The van der Waals surface area contributed by atoms with Gasteiger partial charge in [-0.05, 0) is 24.3 Å². The summed E-state index contributed by atoms with van der Waals surface area (Å²) in [6.45, 7) is 1.79. The molecule has 0 N–H and O–H groups in total. The fourth-order valence-corrected chi connectivity index (χ4v) is 1.27. The van der Waals surface area contributed by atoms with Crippen molar-refractivity contribution in [3.05, 3.63) is 0 Å². The first-order chi connectivity index (χ1) is 4.93. The molecule has 1 fully saturated rings. The molecule has 0 radical (unpaired) electrons. The Morgan fingerprint density at radius 3 is 2.70 bits per heavy atom. The number of ether oxygens (including phenoxy) is 1. The van der Waals surface area contributed by atoms with Crippen LogP contribution in [-0.2, 0) is 4.74 Å². The van der Waals surface area contributed by atoms with Crippen LogP contribution in [0.25, 0.3) is 0 Å². The summed E-state index contributed by atoms with van der Waals surface area (Å²) in [4.78, 5) is 0. The van der Waals surface area contributed by atoms with Crippen molar-refractivity contribution in [2.75, 3.05) is 19.5 Å². The smallest absolute Gasteiger partial charge is 0.0477 e. The average molecular weight is 156 g/mol. The van der Waals surface area contributed by atoms with E-state index >= 15 is 0 Å². The molecule has 1 heterocycles. The highest BCUT2D eigenvalue weighted by molar-refractivity contribution is 8.03. The Morgan fingerprint density at radius 2 is 2.10 bits per heavy atom. The first-order valence-electron chi connectivity index (χ1n) is 3.54. The second-order valence-corrected chi connectivity index (χ2v) is 2.95. The van der Waals surface area contributed by atoms with Crippen LogP contribution in [0.5, 0.6) is 0 Å². The van der Waals surface area contributed by atoms with Crippen molar-refractivity contribution in [2.24, 2.45) is 5.92 Å². The third-order valence-corrected chi connectivity index (χ3v) is 1.91. The maximum Gasteiger partial charge on any atom is 0.0477 e. The van der Waals surface area contributed by atoms with E-state index in [-0.39, 0.29) is 0 Å².